The van der Waals surface area contributed by atoms with Crippen molar-refractivity contribution in [3.63, 3.8) is 0 Å². The number of carbonyl (C=O) groups excluding carboxylic acids is 1. The maximum absolute atomic E-state index is 13.1. The number of hydrogen-bond donors (Lipinski definition) is 3. The fourth-order valence-corrected chi connectivity index (χ4v) is 5.41. The minimum Gasteiger partial charge on any atom is -0.508 e. The number of aromatic amines is 1. The SMILES string of the molecule is CN=C(c1ccoc1)N(c1ccc(C(=O)N[C@H](C)Cc2c[nH]c3ccc(O)cc23)cc1)C1CCCCC1. The van der Waals surface area contributed by atoms with Crippen LogP contribution in [0, 0.1) is 0 Å². The number of furan rings is 1. The van der Waals surface area contributed by atoms with Gasteiger partial charge in [-0.15, -0.1) is 0 Å². The lowest BCUT2D eigenvalue weighted by atomic mass is 9.93. The normalized spacial score (nSPS) is 15.6. The summed E-state index contributed by atoms with van der Waals surface area (Å²) in [6.45, 7) is 1.99. The van der Waals surface area contributed by atoms with Crippen LogP contribution in [-0.2, 0) is 6.42 Å². The smallest absolute Gasteiger partial charge is 0.251 e. The predicted molar refractivity (Wildman–Crippen MR) is 148 cm³/mol. The molecule has 0 bridgehead atoms. The molecule has 1 atom stereocenters. The first kappa shape index (κ1) is 24.7. The fraction of sp³-hybridized carbons (Fsp3) is 0.333. The molecule has 2 heterocycles. The Hall–Kier alpha value is -4.00. The lowest BCUT2D eigenvalue weighted by Gasteiger charge is -2.36. The number of phenols is 1. The number of anilines is 1. The van der Waals surface area contributed by atoms with E-state index in [0.29, 0.717) is 18.0 Å². The average Bonchev–Trinajstić information content (AvgIpc) is 3.58. The van der Waals surface area contributed by atoms with Gasteiger partial charge in [-0.25, -0.2) is 0 Å². The van der Waals surface area contributed by atoms with E-state index in [9.17, 15) is 9.90 Å². The Morgan fingerprint density at radius 3 is 2.62 bits per heavy atom. The van der Waals surface area contributed by atoms with Crippen LogP contribution in [0.5, 0.6) is 5.75 Å². The van der Waals surface area contributed by atoms with E-state index in [-0.39, 0.29) is 17.7 Å². The number of aromatic hydroxyl groups is 1. The van der Waals surface area contributed by atoms with Crippen LogP contribution < -0.4 is 10.2 Å². The van der Waals surface area contributed by atoms with Crippen LogP contribution in [0.15, 0.2) is 76.7 Å². The number of hydrogen-bond acceptors (Lipinski definition) is 4. The van der Waals surface area contributed by atoms with Crippen LogP contribution in [0.3, 0.4) is 0 Å². The molecule has 5 rings (SSSR count). The lowest BCUT2D eigenvalue weighted by Crippen LogP contribution is -2.42. The number of nitrogens with one attached hydrogen (secondary N) is 2. The summed E-state index contributed by atoms with van der Waals surface area (Å²) < 4.78 is 5.35. The summed E-state index contributed by atoms with van der Waals surface area (Å²) >= 11 is 0. The van der Waals surface area contributed by atoms with Crippen LogP contribution in [0.25, 0.3) is 10.9 Å². The molecule has 1 saturated carbocycles. The van der Waals surface area contributed by atoms with Crippen LogP contribution in [0.4, 0.5) is 5.69 Å². The summed E-state index contributed by atoms with van der Waals surface area (Å²) in [7, 11) is 1.82. The van der Waals surface area contributed by atoms with Gasteiger partial charge in [-0.05, 0) is 80.3 Å². The first-order valence-electron chi connectivity index (χ1n) is 13.0. The predicted octanol–water partition coefficient (Wildman–Crippen LogP) is 6.04. The second-order valence-corrected chi connectivity index (χ2v) is 9.89. The Bertz CT molecular complexity index is 1370. The molecule has 1 aliphatic rings. The van der Waals surface area contributed by atoms with Crippen molar-refractivity contribution in [2.75, 3.05) is 11.9 Å². The van der Waals surface area contributed by atoms with Crippen molar-refractivity contribution >= 4 is 28.3 Å². The highest BCUT2D eigenvalue weighted by Crippen LogP contribution is 2.30. The molecule has 3 N–H and O–H groups in total. The molecule has 1 fully saturated rings. The number of amidine groups is 1. The highest BCUT2D eigenvalue weighted by molar-refractivity contribution is 6.10. The zero-order valence-electron chi connectivity index (χ0n) is 21.4. The third-order valence-electron chi connectivity index (χ3n) is 7.22. The van der Waals surface area contributed by atoms with Crippen LogP contribution in [-0.4, -0.2) is 41.0 Å². The van der Waals surface area contributed by atoms with E-state index < -0.39 is 0 Å². The number of carbonyl (C=O) groups is 1. The minimum absolute atomic E-state index is 0.0767. The Labute approximate surface area is 217 Å². The third-order valence-corrected chi connectivity index (χ3v) is 7.22. The molecule has 0 radical (unpaired) electrons. The highest BCUT2D eigenvalue weighted by atomic mass is 16.3. The second-order valence-electron chi connectivity index (χ2n) is 9.89. The minimum atomic E-state index is -0.106. The molecule has 7 heteroatoms. The van der Waals surface area contributed by atoms with Gasteiger partial charge < -0.3 is 24.7 Å². The molecule has 0 aliphatic heterocycles. The molecular weight excluding hydrogens is 464 g/mol. The summed E-state index contributed by atoms with van der Waals surface area (Å²) in [5, 5.41) is 13.9. The Morgan fingerprint density at radius 2 is 1.92 bits per heavy atom. The van der Waals surface area contributed by atoms with Gasteiger partial charge in [-0.2, -0.15) is 0 Å². The summed E-state index contributed by atoms with van der Waals surface area (Å²) in [6, 6.07) is 15.3. The van der Waals surface area contributed by atoms with E-state index in [1.165, 1.54) is 19.3 Å². The van der Waals surface area contributed by atoms with Crippen LogP contribution in [0.2, 0.25) is 0 Å². The number of amides is 1. The van der Waals surface area contributed by atoms with Gasteiger partial charge in [0, 0.05) is 47.5 Å². The third kappa shape index (κ3) is 5.40. The molecule has 4 aromatic rings. The van der Waals surface area contributed by atoms with Crippen molar-refractivity contribution in [2.45, 2.75) is 57.5 Å². The zero-order valence-corrected chi connectivity index (χ0v) is 21.4. The van der Waals surface area contributed by atoms with E-state index in [4.69, 9.17) is 4.42 Å². The maximum Gasteiger partial charge on any atom is 0.251 e. The highest BCUT2D eigenvalue weighted by Gasteiger charge is 2.27. The number of phenolic OH excluding ortho intramolecular Hbond substituents is 1. The fourth-order valence-electron chi connectivity index (χ4n) is 5.41. The molecule has 2 aromatic carbocycles. The number of aliphatic imine (C=N–C) groups is 1. The first-order valence-corrected chi connectivity index (χ1v) is 13.0. The molecule has 0 saturated heterocycles. The van der Waals surface area contributed by atoms with Gasteiger partial charge in [0.15, 0.2) is 0 Å². The van der Waals surface area contributed by atoms with Crippen molar-refractivity contribution in [1.29, 1.82) is 0 Å². The number of rotatable bonds is 7. The van der Waals surface area contributed by atoms with Gasteiger partial charge in [0.1, 0.15) is 17.8 Å². The van der Waals surface area contributed by atoms with Crippen molar-refractivity contribution in [3.05, 3.63) is 83.9 Å². The molecule has 1 aliphatic carbocycles. The number of aromatic nitrogens is 1. The monoisotopic (exact) mass is 498 g/mol. The largest absolute Gasteiger partial charge is 0.508 e. The molecule has 192 valence electrons. The summed E-state index contributed by atoms with van der Waals surface area (Å²) in [5.74, 6) is 1.01. The molecule has 0 spiro atoms. The standard InChI is InChI=1S/C30H34N4O3/c1-20(16-23-18-32-28-13-12-26(35)17-27(23)28)33-30(36)21-8-10-25(11-9-21)34(24-6-4-3-5-7-24)29(31-2)22-14-15-37-19-22/h8-15,17-20,24,32,35H,3-7,16H2,1-2H3,(H,33,36)/t20-/m1/s1. The Balaban J connectivity index is 1.31. The molecule has 1 amide bonds. The number of nitrogens with zero attached hydrogens (tertiary/aromatic N) is 2. The van der Waals surface area contributed by atoms with Crippen molar-refractivity contribution in [1.82, 2.24) is 10.3 Å². The van der Waals surface area contributed by atoms with E-state index in [2.05, 4.69) is 20.2 Å². The number of benzene rings is 2. The topological polar surface area (TPSA) is 93.9 Å². The molecule has 0 unspecified atom stereocenters. The maximum atomic E-state index is 13.1. The van der Waals surface area contributed by atoms with E-state index in [0.717, 1.165) is 46.4 Å². The van der Waals surface area contributed by atoms with Gasteiger partial charge >= 0.3 is 0 Å². The van der Waals surface area contributed by atoms with Crippen LogP contribution in [0.1, 0.15) is 60.5 Å². The van der Waals surface area contributed by atoms with E-state index in [1.54, 1.807) is 24.7 Å². The van der Waals surface area contributed by atoms with Gasteiger partial charge in [-0.3, -0.25) is 9.79 Å². The van der Waals surface area contributed by atoms with Gasteiger partial charge in [0.05, 0.1) is 11.8 Å². The van der Waals surface area contributed by atoms with Crippen molar-refractivity contribution in [3.8, 4) is 5.75 Å². The Kier molecular flexibility index (Phi) is 7.30. The molecule has 7 nitrogen and oxygen atoms in total. The van der Waals surface area contributed by atoms with Crippen LogP contribution >= 0.6 is 0 Å². The second kappa shape index (κ2) is 10.9. The number of H-pyrrole nitrogens is 1. The summed E-state index contributed by atoms with van der Waals surface area (Å²) in [6.07, 6.45) is 11.9. The van der Waals surface area contributed by atoms with Gasteiger partial charge in [-0.1, -0.05) is 19.3 Å². The molecule has 2 aromatic heterocycles. The zero-order chi connectivity index (χ0) is 25.8. The lowest BCUT2D eigenvalue weighted by molar-refractivity contribution is 0.0940. The number of fused-ring (bicyclic) bond motifs is 1. The van der Waals surface area contributed by atoms with Crippen molar-refractivity contribution in [2.24, 2.45) is 4.99 Å². The Morgan fingerprint density at radius 1 is 1.14 bits per heavy atom. The summed E-state index contributed by atoms with van der Waals surface area (Å²) in [5.41, 5.74) is 4.62. The molecular formula is C30H34N4O3. The first-order chi connectivity index (χ1) is 18.0. The van der Waals surface area contributed by atoms with Gasteiger partial charge in [0.25, 0.3) is 5.91 Å². The van der Waals surface area contributed by atoms with E-state index in [1.807, 2.05) is 56.6 Å². The van der Waals surface area contributed by atoms with E-state index >= 15 is 0 Å². The quantitative estimate of drug-likeness (QED) is 0.214. The summed E-state index contributed by atoms with van der Waals surface area (Å²) in [4.78, 5) is 23.2. The van der Waals surface area contributed by atoms with Gasteiger partial charge in [0.2, 0.25) is 0 Å². The van der Waals surface area contributed by atoms with Crippen molar-refractivity contribution < 1.29 is 14.3 Å². The molecule has 37 heavy (non-hydrogen) atoms. The average molecular weight is 499 g/mol.